The average Bonchev–Trinajstić information content (AvgIpc) is 2.72. The van der Waals surface area contributed by atoms with E-state index < -0.39 is 0 Å². The van der Waals surface area contributed by atoms with Crippen LogP contribution in [0.15, 0.2) is 54.7 Å². The maximum Gasteiger partial charge on any atom is 0.0924 e. The van der Waals surface area contributed by atoms with Gasteiger partial charge < -0.3 is 0 Å². The average molecular weight is 367 g/mol. The molecule has 3 aromatic rings. The largest absolute Gasteiger partial charge is 0.254 e. The molecule has 0 radical (unpaired) electrons. The molecule has 0 spiro atoms. The molecule has 2 bridgehead atoms. The van der Waals surface area contributed by atoms with E-state index in [1.54, 1.807) is 0 Å². The molecule has 0 unspecified atom stereocenters. The Bertz CT molecular complexity index is 1070. The molecule has 2 nitrogen and oxygen atoms in total. The van der Waals surface area contributed by atoms with Gasteiger partial charge in [-0.3, -0.25) is 9.97 Å². The van der Waals surface area contributed by atoms with Crippen LogP contribution in [-0.4, -0.2) is 9.97 Å². The molecule has 2 heteroatoms. The number of hydrogen-bond acceptors (Lipinski definition) is 2. The monoisotopic (exact) mass is 366 g/mol. The van der Waals surface area contributed by atoms with Crippen molar-refractivity contribution in [1.82, 2.24) is 9.97 Å². The predicted octanol–water partition coefficient (Wildman–Crippen LogP) is 5.71. The van der Waals surface area contributed by atoms with E-state index in [0.717, 1.165) is 36.6 Å². The van der Waals surface area contributed by atoms with Crippen LogP contribution in [0.25, 0.3) is 11.4 Å². The minimum absolute atomic E-state index is 0.382. The molecule has 28 heavy (non-hydrogen) atoms. The summed E-state index contributed by atoms with van der Waals surface area (Å²) >= 11 is 0. The van der Waals surface area contributed by atoms with Crippen molar-refractivity contribution in [3.63, 3.8) is 0 Å². The van der Waals surface area contributed by atoms with E-state index in [2.05, 4.69) is 62.4 Å². The molecule has 0 saturated heterocycles. The maximum absolute atomic E-state index is 5.36. The number of rotatable bonds is 2. The Morgan fingerprint density at radius 2 is 1.79 bits per heavy atom. The molecule has 0 aliphatic heterocycles. The van der Waals surface area contributed by atoms with Gasteiger partial charge in [0.25, 0.3) is 0 Å². The highest BCUT2D eigenvalue weighted by Crippen LogP contribution is 2.67. The Morgan fingerprint density at radius 1 is 0.964 bits per heavy atom. The number of benzene rings is 1. The van der Waals surface area contributed by atoms with Crippen molar-refractivity contribution >= 4 is 0 Å². The zero-order valence-corrected chi connectivity index (χ0v) is 16.7. The quantitative estimate of drug-likeness (QED) is 0.580. The molecule has 3 atom stereocenters. The number of hydrogen-bond donors (Lipinski definition) is 0. The molecular formula is C26H26N2. The van der Waals surface area contributed by atoms with Gasteiger partial charge in [-0.25, -0.2) is 0 Å². The summed E-state index contributed by atoms with van der Waals surface area (Å²) in [7, 11) is 0. The number of aryl methyl sites for hydroxylation is 2. The molecule has 2 aromatic heterocycles. The number of aromatic nitrogens is 2. The molecule has 140 valence electrons. The van der Waals surface area contributed by atoms with Crippen LogP contribution >= 0.6 is 0 Å². The van der Waals surface area contributed by atoms with Crippen molar-refractivity contribution in [3.05, 3.63) is 82.7 Å². The number of nitrogens with zero attached hydrogens (tertiary/aromatic N) is 2. The summed E-state index contributed by atoms with van der Waals surface area (Å²) in [6.45, 7) is 4.95. The summed E-state index contributed by atoms with van der Waals surface area (Å²) in [5.74, 6) is 1.90. The third kappa shape index (κ3) is 2.21. The number of fused-ring (bicyclic) bond motifs is 3. The van der Waals surface area contributed by atoms with Crippen molar-refractivity contribution in [2.75, 3.05) is 0 Å². The fourth-order valence-corrected chi connectivity index (χ4v) is 6.15. The third-order valence-corrected chi connectivity index (χ3v) is 7.80. The van der Waals surface area contributed by atoms with Crippen molar-refractivity contribution in [2.45, 2.75) is 51.4 Å². The van der Waals surface area contributed by atoms with E-state index in [4.69, 9.17) is 9.97 Å². The normalized spacial score (nSPS) is 25.9. The second-order valence-corrected chi connectivity index (χ2v) is 9.49. The second kappa shape index (κ2) is 5.76. The zero-order chi connectivity index (χ0) is 18.9. The van der Waals surface area contributed by atoms with Gasteiger partial charge in [-0.15, -0.1) is 0 Å². The highest BCUT2D eigenvalue weighted by Gasteiger charge is 2.57. The Morgan fingerprint density at radius 3 is 2.61 bits per heavy atom. The van der Waals surface area contributed by atoms with Crippen LogP contribution in [-0.2, 0) is 19.3 Å². The first-order chi connectivity index (χ1) is 13.6. The van der Waals surface area contributed by atoms with Gasteiger partial charge in [0.1, 0.15) is 0 Å². The molecule has 0 amide bonds. The van der Waals surface area contributed by atoms with Crippen LogP contribution in [0.3, 0.4) is 0 Å². The summed E-state index contributed by atoms with van der Waals surface area (Å²) in [5, 5.41) is 0. The van der Waals surface area contributed by atoms with Crippen LogP contribution in [0.5, 0.6) is 0 Å². The smallest absolute Gasteiger partial charge is 0.0924 e. The van der Waals surface area contributed by atoms with E-state index in [1.807, 2.05) is 6.20 Å². The highest BCUT2D eigenvalue weighted by atomic mass is 14.8. The van der Waals surface area contributed by atoms with Gasteiger partial charge in [0.05, 0.1) is 11.4 Å². The van der Waals surface area contributed by atoms with E-state index in [1.165, 1.54) is 34.4 Å². The topological polar surface area (TPSA) is 25.8 Å². The Kier molecular flexibility index (Phi) is 3.39. The molecular weight excluding hydrogens is 340 g/mol. The summed E-state index contributed by atoms with van der Waals surface area (Å²) < 4.78 is 0. The Labute approximate surface area is 167 Å². The first-order valence-electron chi connectivity index (χ1n) is 10.6. The maximum atomic E-state index is 5.36. The summed E-state index contributed by atoms with van der Waals surface area (Å²) in [6.07, 6.45) is 6.51. The van der Waals surface area contributed by atoms with Gasteiger partial charge in [0, 0.05) is 17.8 Å². The van der Waals surface area contributed by atoms with Crippen LogP contribution in [0.2, 0.25) is 0 Å². The Hall–Kier alpha value is -2.48. The van der Waals surface area contributed by atoms with Crippen molar-refractivity contribution < 1.29 is 0 Å². The lowest BCUT2D eigenvalue weighted by Gasteiger charge is -2.60. The van der Waals surface area contributed by atoms with Crippen molar-refractivity contribution in [2.24, 2.45) is 11.3 Å². The van der Waals surface area contributed by atoms with Gasteiger partial charge >= 0.3 is 0 Å². The molecule has 0 N–H and O–H groups in total. The van der Waals surface area contributed by atoms with Gasteiger partial charge in [0.2, 0.25) is 0 Å². The van der Waals surface area contributed by atoms with E-state index >= 15 is 0 Å². The lowest BCUT2D eigenvalue weighted by Crippen LogP contribution is -2.51. The van der Waals surface area contributed by atoms with Gasteiger partial charge in [-0.1, -0.05) is 56.3 Å². The first-order valence-corrected chi connectivity index (χ1v) is 10.6. The number of pyridine rings is 2. The van der Waals surface area contributed by atoms with E-state index in [9.17, 15) is 0 Å². The second-order valence-electron chi connectivity index (χ2n) is 9.49. The van der Waals surface area contributed by atoms with Crippen LogP contribution in [0, 0.1) is 11.3 Å². The highest BCUT2D eigenvalue weighted by molar-refractivity contribution is 5.67. The molecule has 1 aromatic carbocycles. The third-order valence-electron chi connectivity index (χ3n) is 7.80. The predicted molar refractivity (Wildman–Crippen MR) is 112 cm³/mol. The molecule has 4 aliphatic rings. The van der Waals surface area contributed by atoms with Crippen LogP contribution in [0.1, 0.15) is 60.1 Å². The summed E-state index contributed by atoms with van der Waals surface area (Å²) in [6, 6.07) is 17.8. The van der Waals surface area contributed by atoms with Crippen molar-refractivity contribution in [1.29, 1.82) is 0 Å². The Balaban J connectivity index is 1.51. The van der Waals surface area contributed by atoms with Crippen LogP contribution in [0.4, 0.5) is 0 Å². The van der Waals surface area contributed by atoms with Gasteiger partial charge in [-0.05, 0) is 71.3 Å². The fraction of sp³-hybridized carbons (Fsp3) is 0.385. The fourth-order valence-electron chi connectivity index (χ4n) is 6.15. The van der Waals surface area contributed by atoms with E-state index in [-0.39, 0.29) is 0 Å². The standard InChI is InChI=1S/C26H26N2/c1-26(2)21-15-22(26)20-14-18-11-10-17-9-6-12-27-23(17)24(18)28-25(20)19(21)13-16-7-4-3-5-8-16/h3-9,12,14,19,21-22H,10-11,13,15H2,1-2H3/t19-,21+,22-/m1/s1. The first kappa shape index (κ1) is 16.5. The molecule has 7 rings (SSSR count). The zero-order valence-electron chi connectivity index (χ0n) is 16.7. The van der Waals surface area contributed by atoms with Gasteiger partial charge in [0.15, 0.2) is 0 Å². The van der Waals surface area contributed by atoms with Gasteiger partial charge in [-0.2, -0.15) is 0 Å². The molecule has 4 aliphatic carbocycles. The summed E-state index contributed by atoms with van der Waals surface area (Å²) in [4.78, 5) is 10.1. The van der Waals surface area contributed by atoms with Crippen molar-refractivity contribution in [3.8, 4) is 11.4 Å². The SMILES string of the molecule is CC1(C)[C@@H]2C[C@H]1[C@@H](Cc1ccccc1)c1nc3c(cc12)CCc1cccnc1-3. The molecule has 1 saturated carbocycles. The van der Waals surface area contributed by atoms with E-state index in [0.29, 0.717) is 17.3 Å². The summed E-state index contributed by atoms with van der Waals surface area (Å²) in [5.41, 5.74) is 9.73. The lowest BCUT2D eigenvalue weighted by atomic mass is 9.44. The molecule has 2 heterocycles. The lowest BCUT2D eigenvalue weighted by molar-refractivity contribution is -0.00753. The minimum Gasteiger partial charge on any atom is -0.254 e. The molecule has 1 fully saturated rings. The van der Waals surface area contributed by atoms with Crippen LogP contribution < -0.4 is 0 Å². The minimum atomic E-state index is 0.382.